The van der Waals surface area contributed by atoms with Crippen LogP contribution in [0.1, 0.15) is 41.5 Å². The highest BCUT2D eigenvalue weighted by molar-refractivity contribution is 4.71. The van der Waals surface area contributed by atoms with Crippen LogP contribution >= 0.6 is 0 Å². The molecule has 0 aliphatic rings. The van der Waals surface area contributed by atoms with E-state index in [0.29, 0.717) is 11.8 Å². The zero-order valence-corrected chi connectivity index (χ0v) is 12.2. The fourth-order valence-corrected chi connectivity index (χ4v) is 2.15. The second-order valence-corrected chi connectivity index (χ2v) is 6.25. The Kier molecular flexibility index (Phi) is 8.04. The van der Waals surface area contributed by atoms with Crippen molar-refractivity contribution < 1.29 is 0 Å². The summed E-state index contributed by atoms with van der Waals surface area (Å²) in [5.41, 5.74) is 5.86. The van der Waals surface area contributed by atoms with E-state index in [1.165, 1.54) is 13.1 Å². The second-order valence-electron chi connectivity index (χ2n) is 6.25. The molecule has 0 amide bonds. The highest BCUT2D eigenvalue weighted by Crippen LogP contribution is 2.13. The Morgan fingerprint density at radius 2 is 1.25 bits per heavy atom. The third kappa shape index (κ3) is 7.24. The van der Waals surface area contributed by atoms with Gasteiger partial charge in [-0.05, 0) is 30.2 Å². The van der Waals surface area contributed by atoms with Crippen molar-refractivity contribution in [2.75, 3.05) is 26.2 Å². The first-order valence-electron chi connectivity index (χ1n) is 6.79. The Labute approximate surface area is 103 Å². The standard InChI is InChI=1S/C14H32N2/c1-11(2)8-16(9-12(3)4)10-14(7-15)13(5)6/h11-14H,7-10,15H2,1-6H3. The van der Waals surface area contributed by atoms with Gasteiger partial charge in [0.1, 0.15) is 0 Å². The summed E-state index contributed by atoms with van der Waals surface area (Å²) in [7, 11) is 0. The van der Waals surface area contributed by atoms with Crippen molar-refractivity contribution in [3.05, 3.63) is 0 Å². The average Bonchev–Trinajstić information content (AvgIpc) is 2.11. The van der Waals surface area contributed by atoms with Gasteiger partial charge in [0.05, 0.1) is 0 Å². The minimum Gasteiger partial charge on any atom is -0.330 e. The van der Waals surface area contributed by atoms with Crippen molar-refractivity contribution in [1.29, 1.82) is 0 Å². The van der Waals surface area contributed by atoms with Gasteiger partial charge in [0.2, 0.25) is 0 Å². The summed E-state index contributed by atoms with van der Waals surface area (Å²) >= 11 is 0. The van der Waals surface area contributed by atoms with Gasteiger partial charge in [-0.1, -0.05) is 41.5 Å². The lowest BCUT2D eigenvalue weighted by Crippen LogP contribution is -2.39. The number of nitrogens with two attached hydrogens (primary N) is 1. The minimum absolute atomic E-state index is 0.637. The molecule has 0 rings (SSSR count). The maximum atomic E-state index is 5.86. The number of rotatable bonds is 8. The van der Waals surface area contributed by atoms with Crippen LogP contribution in [0.25, 0.3) is 0 Å². The van der Waals surface area contributed by atoms with E-state index in [2.05, 4.69) is 46.4 Å². The molecule has 0 saturated carbocycles. The van der Waals surface area contributed by atoms with Crippen molar-refractivity contribution in [3.63, 3.8) is 0 Å². The fourth-order valence-electron chi connectivity index (χ4n) is 2.15. The number of nitrogens with zero attached hydrogens (tertiary/aromatic N) is 1. The summed E-state index contributed by atoms with van der Waals surface area (Å²) in [5, 5.41) is 0. The van der Waals surface area contributed by atoms with E-state index in [1.807, 2.05) is 0 Å². The van der Waals surface area contributed by atoms with Crippen molar-refractivity contribution in [2.45, 2.75) is 41.5 Å². The SMILES string of the molecule is CC(C)CN(CC(C)C)CC(CN)C(C)C. The molecule has 0 saturated heterocycles. The Balaban J connectivity index is 4.27. The molecular weight excluding hydrogens is 196 g/mol. The van der Waals surface area contributed by atoms with Gasteiger partial charge in [-0.3, -0.25) is 0 Å². The summed E-state index contributed by atoms with van der Waals surface area (Å²) in [6, 6.07) is 0. The molecule has 2 heteroatoms. The van der Waals surface area contributed by atoms with E-state index >= 15 is 0 Å². The Morgan fingerprint density at radius 3 is 1.50 bits per heavy atom. The van der Waals surface area contributed by atoms with Gasteiger partial charge in [0.25, 0.3) is 0 Å². The summed E-state index contributed by atoms with van der Waals surface area (Å²) < 4.78 is 0. The first-order chi connectivity index (χ1) is 7.36. The molecule has 2 N–H and O–H groups in total. The Bertz CT molecular complexity index is 154. The lowest BCUT2D eigenvalue weighted by Gasteiger charge is -2.31. The molecule has 0 aliphatic heterocycles. The molecule has 0 heterocycles. The molecule has 0 radical (unpaired) electrons. The maximum absolute atomic E-state index is 5.86. The third-order valence-corrected chi connectivity index (χ3v) is 2.98. The summed E-state index contributed by atoms with van der Waals surface area (Å²) in [4.78, 5) is 2.59. The first-order valence-corrected chi connectivity index (χ1v) is 6.79. The summed E-state index contributed by atoms with van der Waals surface area (Å²) in [5.74, 6) is 2.80. The van der Waals surface area contributed by atoms with Crippen molar-refractivity contribution in [3.8, 4) is 0 Å². The van der Waals surface area contributed by atoms with Crippen LogP contribution in [0.5, 0.6) is 0 Å². The van der Waals surface area contributed by atoms with Crippen LogP contribution in [0.4, 0.5) is 0 Å². The molecule has 0 aliphatic carbocycles. The van der Waals surface area contributed by atoms with Gasteiger partial charge < -0.3 is 10.6 Å². The molecule has 16 heavy (non-hydrogen) atoms. The molecule has 0 fully saturated rings. The minimum atomic E-state index is 0.637. The topological polar surface area (TPSA) is 29.3 Å². The van der Waals surface area contributed by atoms with Gasteiger partial charge in [-0.2, -0.15) is 0 Å². The summed E-state index contributed by atoms with van der Waals surface area (Å²) in [6.45, 7) is 18.1. The van der Waals surface area contributed by atoms with Crippen molar-refractivity contribution >= 4 is 0 Å². The van der Waals surface area contributed by atoms with Gasteiger partial charge in [-0.25, -0.2) is 0 Å². The molecule has 0 aromatic heterocycles. The van der Waals surface area contributed by atoms with E-state index in [-0.39, 0.29) is 0 Å². The molecule has 1 unspecified atom stereocenters. The van der Waals surface area contributed by atoms with E-state index in [1.54, 1.807) is 0 Å². The van der Waals surface area contributed by atoms with Crippen molar-refractivity contribution in [1.82, 2.24) is 4.90 Å². The molecule has 0 aromatic rings. The Morgan fingerprint density at radius 1 is 0.812 bits per heavy atom. The maximum Gasteiger partial charge on any atom is 0.00244 e. The average molecular weight is 228 g/mol. The van der Waals surface area contributed by atoms with Crippen LogP contribution in [0.3, 0.4) is 0 Å². The van der Waals surface area contributed by atoms with E-state index in [0.717, 1.165) is 24.9 Å². The van der Waals surface area contributed by atoms with Crippen LogP contribution < -0.4 is 5.73 Å². The predicted molar refractivity (Wildman–Crippen MR) is 73.5 cm³/mol. The Hall–Kier alpha value is -0.0800. The second kappa shape index (κ2) is 8.08. The number of hydrogen-bond donors (Lipinski definition) is 1. The zero-order valence-electron chi connectivity index (χ0n) is 12.2. The van der Waals surface area contributed by atoms with Crippen LogP contribution in [0.15, 0.2) is 0 Å². The van der Waals surface area contributed by atoms with Gasteiger partial charge in [0.15, 0.2) is 0 Å². The molecule has 98 valence electrons. The molecule has 0 spiro atoms. The van der Waals surface area contributed by atoms with Crippen LogP contribution in [0.2, 0.25) is 0 Å². The molecule has 0 bridgehead atoms. The highest BCUT2D eigenvalue weighted by atomic mass is 15.1. The van der Waals surface area contributed by atoms with Gasteiger partial charge >= 0.3 is 0 Å². The number of hydrogen-bond acceptors (Lipinski definition) is 2. The zero-order chi connectivity index (χ0) is 12.7. The molecule has 0 aromatic carbocycles. The molecule has 1 atom stereocenters. The normalized spacial score (nSPS) is 14.4. The van der Waals surface area contributed by atoms with E-state index in [9.17, 15) is 0 Å². The lowest BCUT2D eigenvalue weighted by atomic mass is 9.94. The van der Waals surface area contributed by atoms with Gasteiger partial charge in [0, 0.05) is 19.6 Å². The van der Waals surface area contributed by atoms with Crippen LogP contribution in [0, 0.1) is 23.7 Å². The largest absolute Gasteiger partial charge is 0.330 e. The van der Waals surface area contributed by atoms with Gasteiger partial charge in [-0.15, -0.1) is 0 Å². The highest BCUT2D eigenvalue weighted by Gasteiger charge is 2.17. The fraction of sp³-hybridized carbons (Fsp3) is 1.00. The van der Waals surface area contributed by atoms with E-state index in [4.69, 9.17) is 5.73 Å². The van der Waals surface area contributed by atoms with Crippen molar-refractivity contribution in [2.24, 2.45) is 29.4 Å². The quantitative estimate of drug-likeness (QED) is 0.692. The van der Waals surface area contributed by atoms with Crippen LogP contribution in [-0.2, 0) is 0 Å². The monoisotopic (exact) mass is 228 g/mol. The first kappa shape index (κ1) is 15.9. The van der Waals surface area contributed by atoms with Crippen LogP contribution in [-0.4, -0.2) is 31.1 Å². The summed E-state index contributed by atoms with van der Waals surface area (Å²) in [6.07, 6.45) is 0. The molecular formula is C14H32N2. The third-order valence-electron chi connectivity index (χ3n) is 2.98. The molecule has 2 nitrogen and oxygen atoms in total. The lowest BCUT2D eigenvalue weighted by molar-refractivity contribution is 0.170. The van der Waals surface area contributed by atoms with E-state index < -0.39 is 0 Å². The smallest absolute Gasteiger partial charge is 0.00244 e. The predicted octanol–water partition coefficient (Wildman–Crippen LogP) is 2.83.